The number of urea groups is 1. The molecule has 26 heavy (non-hydrogen) atoms. The van der Waals surface area contributed by atoms with E-state index in [1.54, 1.807) is 12.1 Å². The average Bonchev–Trinajstić information content (AvgIpc) is 2.90. The summed E-state index contributed by atoms with van der Waals surface area (Å²) in [6, 6.07) is 11.7. The van der Waals surface area contributed by atoms with Gasteiger partial charge >= 0.3 is 6.03 Å². The third-order valence-electron chi connectivity index (χ3n) is 4.01. The molecule has 1 aromatic carbocycles. The van der Waals surface area contributed by atoms with Crippen LogP contribution in [0.15, 0.2) is 48.7 Å². The van der Waals surface area contributed by atoms with Crippen molar-refractivity contribution < 1.29 is 14.4 Å². The number of aromatic nitrogens is 1. The molecule has 2 aromatic rings. The van der Waals surface area contributed by atoms with Crippen molar-refractivity contribution in [3.63, 3.8) is 0 Å². The number of nitrogens with one attached hydrogen (secondary N) is 2. The minimum absolute atomic E-state index is 0.138. The van der Waals surface area contributed by atoms with E-state index >= 15 is 0 Å². The maximum absolute atomic E-state index is 12.4. The molecule has 4 amide bonds. The molecule has 0 unspecified atom stereocenters. The standard InChI is InChI=1S/C18H17ClN4O3/c19-16-13(7-4-10-20-16)21-15(24)11-23-17(25)14(22-18(23)26)9-8-12-5-2-1-3-6-12/h1-7,10,14H,8-9,11H2,(H,21,24)(H,22,26)/t14-/m0/s1. The van der Waals surface area contributed by atoms with E-state index in [2.05, 4.69) is 15.6 Å². The summed E-state index contributed by atoms with van der Waals surface area (Å²) in [5.41, 5.74) is 1.41. The van der Waals surface area contributed by atoms with Gasteiger partial charge in [0.05, 0.1) is 5.69 Å². The van der Waals surface area contributed by atoms with Gasteiger partial charge in [0.25, 0.3) is 5.91 Å². The first-order chi connectivity index (χ1) is 12.5. The van der Waals surface area contributed by atoms with Crippen LogP contribution in [0.2, 0.25) is 5.15 Å². The molecule has 0 saturated carbocycles. The van der Waals surface area contributed by atoms with E-state index < -0.39 is 23.9 Å². The van der Waals surface area contributed by atoms with Gasteiger partial charge in [0.2, 0.25) is 5.91 Å². The van der Waals surface area contributed by atoms with Crippen LogP contribution in [0.5, 0.6) is 0 Å². The topological polar surface area (TPSA) is 91.4 Å². The highest BCUT2D eigenvalue weighted by atomic mass is 35.5. The Labute approximate surface area is 155 Å². The molecule has 1 fully saturated rings. The highest BCUT2D eigenvalue weighted by Gasteiger charge is 2.38. The van der Waals surface area contributed by atoms with Crippen molar-refractivity contribution in [2.75, 3.05) is 11.9 Å². The highest BCUT2D eigenvalue weighted by molar-refractivity contribution is 6.32. The molecule has 0 bridgehead atoms. The van der Waals surface area contributed by atoms with Crippen molar-refractivity contribution in [1.29, 1.82) is 0 Å². The zero-order valence-electron chi connectivity index (χ0n) is 13.8. The Morgan fingerprint density at radius 1 is 1.19 bits per heavy atom. The second kappa shape index (κ2) is 7.97. The van der Waals surface area contributed by atoms with Crippen molar-refractivity contribution in [2.24, 2.45) is 0 Å². The Bertz CT molecular complexity index is 828. The minimum Gasteiger partial charge on any atom is -0.326 e. The van der Waals surface area contributed by atoms with E-state index in [-0.39, 0.29) is 11.7 Å². The number of pyridine rings is 1. The van der Waals surface area contributed by atoms with E-state index in [9.17, 15) is 14.4 Å². The number of imide groups is 1. The fraction of sp³-hybridized carbons (Fsp3) is 0.222. The van der Waals surface area contributed by atoms with E-state index in [0.29, 0.717) is 18.5 Å². The summed E-state index contributed by atoms with van der Waals surface area (Å²) in [4.78, 5) is 41.3. The second-order valence-corrected chi connectivity index (χ2v) is 6.20. The molecule has 134 valence electrons. The van der Waals surface area contributed by atoms with Crippen molar-refractivity contribution in [1.82, 2.24) is 15.2 Å². The van der Waals surface area contributed by atoms with Gasteiger partial charge in [-0.15, -0.1) is 0 Å². The van der Waals surface area contributed by atoms with Crippen molar-refractivity contribution in [2.45, 2.75) is 18.9 Å². The van der Waals surface area contributed by atoms with Crippen LogP contribution in [0.25, 0.3) is 0 Å². The van der Waals surface area contributed by atoms with Gasteiger partial charge in [0.15, 0.2) is 5.15 Å². The summed E-state index contributed by atoms with van der Waals surface area (Å²) in [6.45, 7) is -0.377. The van der Waals surface area contributed by atoms with Gasteiger partial charge in [-0.05, 0) is 30.5 Å². The normalized spacial score (nSPS) is 16.5. The Morgan fingerprint density at radius 2 is 1.96 bits per heavy atom. The van der Waals surface area contributed by atoms with Crippen LogP contribution in [0.1, 0.15) is 12.0 Å². The predicted octanol–water partition coefficient (Wildman–Crippen LogP) is 2.23. The average molecular weight is 373 g/mol. The summed E-state index contributed by atoms with van der Waals surface area (Å²) in [6.07, 6.45) is 2.62. The van der Waals surface area contributed by atoms with Crippen molar-refractivity contribution >= 4 is 35.1 Å². The third kappa shape index (κ3) is 4.18. The van der Waals surface area contributed by atoms with E-state index in [0.717, 1.165) is 10.5 Å². The smallest absolute Gasteiger partial charge is 0.325 e. The molecule has 1 aliphatic heterocycles. The van der Waals surface area contributed by atoms with Gasteiger partial charge in [-0.25, -0.2) is 9.78 Å². The molecule has 1 aliphatic rings. The van der Waals surface area contributed by atoms with Crippen LogP contribution in [0.4, 0.5) is 10.5 Å². The van der Waals surface area contributed by atoms with Crippen molar-refractivity contribution in [3.8, 4) is 0 Å². The minimum atomic E-state index is -0.627. The van der Waals surface area contributed by atoms with Gasteiger partial charge in [-0.3, -0.25) is 14.5 Å². The Hall–Kier alpha value is -2.93. The molecule has 0 spiro atoms. The SMILES string of the molecule is O=C(CN1C(=O)N[C@@H](CCc2ccccc2)C1=O)Nc1cccnc1Cl. The number of carbonyl (C=O) groups excluding carboxylic acids is 3. The number of carbonyl (C=O) groups is 3. The van der Waals surface area contributed by atoms with Crippen LogP contribution in [-0.2, 0) is 16.0 Å². The molecular weight excluding hydrogens is 356 g/mol. The van der Waals surface area contributed by atoms with Gasteiger partial charge in [-0.2, -0.15) is 0 Å². The maximum Gasteiger partial charge on any atom is 0.325 e. The lowest BCUT2D eigenvalue weighted by molar-refractivity contribution is -0.130. The lowest BCUT2D eigenvalue weighted by Gasteiger charge is -2.13. The summed E-state index contributed by atoms with van der Waals surface area (Å²) >= 11 is 5.88. The summed E-state index contributed by atoms with van der Waals surface area (Å²) in [5.74, 6) is -0.925. The summed E-state index contributed by atoms with van der Waals surface area (Å²) in [7, 11) is 0. The van der Waals surface area contributed by atoms with Gasteiger partial charge in [0.1, 0.15) is 12.6 Å². The number of anilines is 1. The molecule has 0 aliphatic carbocycles. The van der Waals surface area contributed by atoms with Crippen LogP contribution in [0, 0.1) is 0 Å². The number of hydrogen-bond donors (Lipinski definition) is 2. The fourth-order valence-electron chi connectivity index (χ4n) is 2.69. The number of benzene rings is 1. The highest BCUT2D eigenvalue weighted by Crippen LogP contribution is 2.18. The van der Waals surface area contributed by atoms with Crippen LogP contribution < -0.4 is 10.6 Å². The number of halogens is 1. The molecule has 7 nitrogen and oxygen atoms in total. The number of rotatable bonds is 6. The first-order valence-corrected chi connectivity index (χ1v) is 8.48. The molecule has 2 heterocycles. The molecular formula is C18H17ClN4O3. The van der Waals surface area contributed by atoms with Gasteiger partial charge < -0.3 is 10.6 Å². The van der Waals surface area contributed by atoms with E-state index in [1.807, 2.05) is 30.3 Å². The number of hydrogen-bond acceptors (Lipinski definition) is 4. The van der Waals surface area contributed by atoms with E-state index in [1.165, 1.54) is 6.20 Å². The summed E-state index contributed by atoms with van der Waals surface area (Å²) in [5, 5.41) is 5.31. The Morgan fingerprint density at radius 3 is 2.69 bits per heavy atom. The molecule has 2 N–H and O–H groups in total. The largest absolute Gasteiger partial charge is 0.326 e. The zero-order valence-corrected chi connectivity index (χ0v) is 14.6. The Balaban J connectivity index is 1.56. The third-order valence-corrected chi connectivity index (χ3v) is 4.31. The first-order valence-electron chi connectivity index (χ1n) is 8.11. The van der Waals surface area contributed by atoms with Crippen LogP contribution in [-0.4, -0.2) is 40.3 Å². The summed E-state index contributed by atoms with van der Waals surface area (Å²) < 4.78 is 0. The molecule has 8 heteroatoms. The number of nitrogens with zero attached hydrogens (tertiary/aromatic N) is 2. The van der Waals surface area contributed by atoms with Gasteiger partial charge in [0, 0.05) is 6.20 Å². The van der Waals surface area contributed by atoms with Gasteiger partial charge in [-0.1, -0.05) is 41.9 Å². The number of amides is 4. The van der Waals surface area contributed by atoms with Crippen LogP contribution in [0.3, 0.4) is 0 Å². The maximum atomic E-state index is 12.4. The first kappa shape index (κ1) is 17.9. The second-order valence-electron chi connectivity index (χ2n) is 5.84. The van der Waals surface area contributed by atoms with Crippen molar-refractivity contribution in [3.05, 3.63) is 59.4 Å². The monoisotopic (exact) mass is 372 g/mol. The quantitative estimate of drug-likeness (QED) is 0.601. The zero-order chi connectivity index (χ0) is 18.5. The van der Waals surface area contributed by atoms with E-state index in [4.69, 9.17) is 11.6 Å². The molecule has 1 aromatic heterocycles. The molecule has 1 saturated heterocycles. The fourth-order valence-corrected chi connectivity index (χ4v) is 2.86. The number of aryl methyl sites for hydroxylation is 1. The lowest BCUT2D eigenvalue weighted by Crippen LogP contribution is -2.38. The Kier molecular flexibility index (Phi) is 5.48. The van der Waals surface area contributed by atoms with Crippen LogP contribution >= 0.6 is 11.6 Å². The molecule has 1 atom stereocenters. The predicted molar refractivity (Wildman–Crippen MR) is 96.7 cm³/mol. The molecule has 3 rings (SSSR count). The molecule has 0 radical (unpaired) electrons. The lowest BCUT2D eigenvalue weighted by atomic mass is 10.1.